The van der Waals surface area contributed by atoms with Crippen LogP contribution in [-0.4, -0.2) is 34.8 Å². The second-order valence-electron chi connectivity index (χ2n) is 7.45. The van der Waals surface area contributed by atoms with Crippen LogP contribution in [0.1, 0.15) is 67.7 Å². The monoisotopic (exact) mass is 345 g/mol. The molecule has 2 aromatic rings. The molecule has 6 heteroatoms. The Morgan fingerprint density at radius 2 is 2.08 bits per heavy atom. The van der Waals surface area contributed by atoms with Crippen molar-refractivity contribution in [3.05, 3.63) is 34.0 Å². The summed E-state index contributed by atoms with van der Waals surface area (Å²) < 4.78 is 13.4. The molecule has 24 heavy (non-hydrogen) atoms. The van der Waals surface area contributed by atoms with E-state index in [0.29, 0.717) is 18.8 Å². The molecular weight excluding hydrogens is 322 g/mol. The van der Waals surface area contributed by atoms with Gasteiger partial charge in [0.1, 0.15) is 18.4 Å². The van der Waals surface area contributed by atoms with Crippen LogP contribution < -0.4 is 0 Å². The Bertz CT molecular complexity index is 713. The van der Waals surface area contributed by atoms with Crippen molar-refractivity contribution in [2.45, 2.75) is 62.0 Å². The van der Waals surface area contributed by atoms with Crippen molar-refractivity contribution < 1.29 is 9.47 Å². The number of ether oxygens (including phenoxy) is 2. The largest absolute Gasteiger partial charge is 0.359 e. The third kappa shape index (κ3) is 2.35. The molecule has 0 amide bonds. The fourth-order valence-corrected chi connectivity index (χ4v) is 4.78. The Morgan fingerprint density at radius 1 is 1.25 bits per heavy atom. The van der Waals surface area contributed by atoms with Crippen LogP contribution in [0.15, 0.2) is 16.8 Å². The van der Waals surface area contributed by atoms with Gasteiger partial charge in [0.05, 0.1) is 11.5 Å². The molecule has 5 rings (SSSR count). The lowest BCUT2D eigenvalue weighted by atomic mass is 9.62. The summed E-state index contributed by atoms with van der Waals surface area (Å²) in [6, 6.07) is 2.87. The highest BCUT2D eigenvalue weighted by atomic mass is 32.1. The van der Waals surface area contributed by atoms with Crippen LogP contribution in [0.3, 0.4) is 0 Å². The molecule has 0 N–H and O–H groups in total. The minimum Gasteiger partial charge on any atom is -0.359 e. The molecule has 0 saturated heterocycles. The Hall–Kier alpha value is -1.24. The molecule has 3 fully saturated rings. The lowest BCUT2D eigenvalue weighted by Gasteiger charge is -2.46. The summed E-state index contributed by atoms with van der Waals surface area (Å²) in [6.07, 6.45) is 7.29. The molecule has 3 aliphatic rings. The second kappa shape index (κ2) is 5.64. The van der Waals surface area contributed by atoms with E-state index in [1.807, 2.05) is 0 Å². The summed E-state index contributed by atoms with van der Waals surface area (Å²) in [4.78, 5) is 0. The van der Waals surface area contributed by atoms with Gasteiger partial charge in [-0.3, -0.25) is 0 Å². The van der Waals surface area contributed by atoms with Gasteiger partial charge in [-0.25, -0.2) is 0 Å². The summed E-state index contributed by atoms with van der Waals surface area (Å²) in [5.41, 5.74) is 1.35. The molecule has 0 atom stereocenters. The van der Waals surface area contributed by atoms with Gasteiger partial charge in [-0.1, -0.05) is 0 Å². The molecule has 2 aromatic heterocycles. The first kappa shape index (κ1) is 15.0. The van der Waals surface area contributed by atoms with Crippen molar-refractivity contribution >= 4 is 11.3 Å². The van der Waals surface area contributed by atoms with Crippen molar-refractivity contribution in [3.8, 4) is 0 Å². The third-order valence-corrected chi connectivity index (χ3v) is 6.34. The first-order chi connectivity index (χ1) is 11.8. The normalized spacial score (nSPS) is 29.6. The Morgan fingerprint density at radius 3 is 2.71 bits per heavy atom. The highest BCUT2D eigenvalue weighted by Gasteiger charge is 2.53. The predicted molar refractivity (Wildman–Crippen MR) is 91.4 cm³/mol. The van der Waals surface area contributed by atoms with Gasteiger partial charge in [0.2, 0.25) is 0 Å². The summed E-state index contributed by atoms with van der Waals surface area (Å²) in [5, 5.41) is 13.8. The summed E-state index contributed by atoms with van der Waals surface area (Å²) in [7, 11) is 1.68. The number of rotatable bonds is 7. The molecular formula is C18H23N3O2S. The number of nitrogens with zero attached hydrogens (tertiary/aromatic N) is 3. The Labute approximate surface area is 146 Å². The van der Waals surface area contributed by atoms with Gasteiger partial charge in [0.15, 0.2) is 0 Å². The van der Waals surface area contributed by atoms with Gasteiger partial charge >= 0.3 is 0 Å². The summed E-state index contributed by atoms with van der Waals surface area (Å²) >= 11 is 1.76. The van der Waals surface area contributed by atoms with Crippen LogP contribution in [0, 0.1) is 0 Å². The minimum atomic E-state index is -0.0266. The van der Waals surface area contributed by atoms with Crippen LogP contribution in [0.25, 0.3) is 0 Å². The first-order valence-electron chi connectivity index (χ1n) is 8.90. The third-order valence-electron chi connectivity index (χ3n) is 5.65. The van der Waals surface area contributed by atoms with Gasteiger partial charge < -0.3 is 14.0 Å². The number of hydrogen-bond acceptors (Lipinski definition) is 5. The van der Waals surface area contributed by atoms with E-state index in [2.05, 4.69) is 26.5 Å². The van der Waals surface area contributed by atoms with E-state index >= 15 is 0 Å². The molecule has 3 aliphatic carbocycles. The van der Waals surface area contributed by atoms with Crippen LogP contribution in [-0.2, 0) is 14.9 Å². The number of aromatic nitrogens is 3. The number of hydrogen-bond donors (Lipinski definition) is 0. The predicted octanol–water partition coefficient (Wildman–Crippen LogP) is 3.62. The molecule has 5 nitrogen and oxygen atoms in total. The van der Waals surface area contributed by atoms with E-state index in [4.69, 9.17) is 14.6 Å². The van der Waals surface area contributed by atoms with Crippen LogP contribution in [0.4, 0.5) is 0 Å². The standard InChI is InChI=1S/C18H23N3O2S/c1-22-11-23-15-8-18(9-15,13-6-7-24-10-13)17-20-19-16(12-2-3-12)21(17)14-4-5-14/h6-7,10,12,14-15H,2-5,8-9,11H2,1H3. The zero-order valence-electron chi connectivity index (χ0n) is 14.0. The molecule has 3 saturated carbocycles. The van der Waals surface area contributed by atoms with Gasteiger partial charge in [-0.15, -0.1) is 10.2 Å². The fourth-order valence-electron chi connectivity index (χ4n) is 4.03. The van der Waals surface area contributed by atoms with Crippen LogP contribution >= 0.6 is 11.3 Å². The van der Waals surface area contributed by atoms with Crippen molar-refractivity contribution in [2.75, 3.05) is 13.9 Å². The highest BCUT2D eigenvalue weighted by Crippen LogP contribution is 2.54. The maximum Gasteiger partial charge on any atom is 0.146 e. The topological polar surface area (TPSA) is 49.2 Å². The molecule has 0 aromatic carbocycles. The fraction of sp³-hybridized carbons (Fsp3) is 0.667. The number of methoxy groups -OCH3 is 1. The van der Waals surface area contributed by atoms with Crippen LogP contribution in [0.2, 0.25) is 0 Å². The average molecular weight is 345 g/mol. The van der Waals surface area contributed by atoms with Gasteiger partial charge in [-0.2, -0.15) is 11.3 Å². The molecule has 128 valence electrons. The molecule has 0 aliphatic heterocycles. The zero-order valence-corrected chi connectivity index (χ0v) is 14.8. The zero-order chi connectivity index (χ0) is 16.1. The highest BCUT2D eigenvalue weighted by molar-refractivity contribution is 7.08. The lowest BCUT2D eigenvalue weighted by molar-refractivity contribution is -0.116. The van der Waals surface area contributed by atoms with Gasteiger partial charge in [-0.05, 0) is 60.9 Å². The van der Waals surface area contributed by atoms with E-state index in [1.54, 1.807) is 18.4 Å². The van der Waals surface area contributed by atoms with E-state index in [0.717, 1.165) is 12.8 Å². The second-order valence-corrected chi connectivity index (χ2v) is 8.23. The van der Waals surface area contributed by atoms with Crippen molar-refractivity contribution in [2.24, 2.45) is 0 Å². The van der Waals surface area contributed by atoms with Crippen molar-refractivity contribution in [3.63, 3.8) is 0 Å². The molecule has 0 spiro atoms. The van der Waals surface area contributed by atoms with E-state index in [-0.39, 0.29) is 11.5 Å². The van der Waals surface area contributed by atoms with Gasteiger partial charge in [0, 0.05) is 19.1 Å². The lowest BCUT2D eigenvalue weighted by Crippen LogP contribution is -2.48. The summed E-state index contributed by atoms with van der Waals surface area (Å²) in [6.45, 7) is 0.368. The Balaban J connectivity index is 1.52. The maximum atomic E-state index is 5.81. The molecule has 0 unspecified atom stereocenters. The summed E-state index contributed by atoms with van der Waals surface area (Å²) in [5.74, 6) is 3.07. The molecule has 0 bridgehead atoms. The average Bonchev–Trinajstić information content (AvgIpc) is 3.49. The van der Waals surface area contributed by atoms with Gasteiger partial charge in [0.25, 0.3) is 0 Å². The first-order valence-corrected chi connectivity index (χ1v) is 9.84. The van der Waals surface area contributed by atoms with E-state index < -0.39 is 0 Å². The van der Waals surface area contributed by atoms with E-state index in [9.17, 15) is 0 Å². The number of thiophene rings is 1. The quantitative estimate of drug-likeness (QED) is 0.719. The SMILES string of the molecule is COCOC1CC(c2ccsc2)(c2nnc(C3CC3)n2C2CC2)C1. The van der Waals surface area contributed by atoms with E-state index in [1.165, 1.54) is 42.9 Å². The van der Waals surface area contributed by atoms with Crippen molar-refractivity contribution in [1.29, 1.82) is 0 Å². The molecule has 2 heterocycles. The Kier molecular flexibility index (Phi) is 3.54. The maximum absolute atomic E-state index is 5.81. The van der Waals surface area contributed by atoms with Crippen LogP contribution in [0.5, 0.6) is 0 Å². The smallest absolute Gasteiger partial charge is 0.146 e. The molecule has 0 radical (unpaired) electrons. The van der Waals surface area contributed by atoms with Crippen molar-refractivity contribution in [1.82, 2.24) is 14.8 Å². The minimum absolute atomic E-state index is 0.0266.